The number of piperidine rings is 1. The lowest BCUT2D eigenvalue weighted by Gasteiger charge is -2.32. The molecule has 6 heteroatoms. The molecule has 1 aliphatic rings. The number of nitrogens with zero attached hydrogens (tertiary/aromatic N) is 2. The number of carbonyl (C=O) groups excluding carboxylic acids is 2. The summed E-state index contributed by atoms with van der Waals surface area (Å²) in [6.45, 7) is 4.73. The van der Waals surface area contributed by atoms with Crippen molar-refractivity contribution in [2.45, 2.75) is 26.3 Å². The molecular formula is C21H26N4O2. The highest BCUT2D eigenvalue weighted by molar-refractivity contribution is 6.35. The average molecular weight is 366 g/mol. The number of anilines is 1. The fraction of sp³-hybridized carbons (Fsp3) is 0.381. The summed E-state index contributed by atoms with van der Waals surface area (Å²) >= 11 is 0. The van der Waals surface area contributed by atoms with Gasteiger partial charge in [-0.3, -0.25) is 9.59 Å². The maximum atomic E-state index is 12.0. The summed E-state index contributed by atoms with van der Waals surface area (Å²) < 4.78 is 0. The minimum Gasteiger partial charge on any atom is -0.357 e. The van der Waals surface area contributed by atoms with Gasteiger partial charge in [0.2, 0.25) is 0 Å². The average Bonchev–Trinajstić information content (AvgIpc) is 2.72. The molecule has 6 nitrogen and oxygen atoms in total. The van der Waals surface area contributed by atoms with Crippen molar-refractivity contribution in [1.82, 2.24) is 15.6 Å². The van der Waals surface area contributed by atoms with Crippen molar-refractivity contribution >= 4 is 17.6 Å². The van der Waals surface area contributed by atoms with Gasteiger partial charge in [-0.15, -0.1) is 0 Å². The van der Waals surface area contributed by atoms with E-state index < -0.39 is 11.8 Å². The fourth-order valence-electron chi connectivity index (χ4n) is 3.19. The number of hydrogen-bond donors (Lipinski definition) is 2. The SMILES string of the molecule is Cc1ccc(CNC(=O)C(=O)NCC2CCN(c3ccccn3)CC2)cc1. The molecule has 3 rings (SSSR count). The largest absolute Gasteiger partial charge is 0.357 e. The van der Waals surface area contributed by atoms with Gasteiger partial charge < -0.3 is 15.5 Å². The van der Waals surface area contributed by atoms with Gasteiger partial charge in [0, 0.05) is 32.4 Å². The molecule has 142 valence electrons. The molecular weight excluding hydrogens is 340 g/mol. The minimum atomic E-state index is -0.582. The maximum absolute atomic E-state index is 12.0. The third-order valence-electron chi connectivity index (χ3n) is 4.92. The summed E-state index contributed by atoms with van der Waals surface area (Å²) in [5, 5.41) is 5.43. The second-order valence-corrected chi connectivity index (χ2v) is 7.00. The second-order valence-electron chi connectivity index (χ2n) is 7.00. The summed E-state index contributed by atoms with van der Waals surface area (Å²) in [6, 6.07) is 13.8. The van der Waals surface area contributed by atoms with Crippen LogP contribution in [0.5, 0.6) is 0 Å². The van der Waals surface area contributed by atoms with Crippen LogP contribution in [0, 0.1) is 12.8 Å². The van der Waals surface area contributed by atoms with Gasteiger partial charge in [-0.05, 0) is 43.4 Å². The maximum Gasteiger partial charge on any atom is 0.309 e. The van der Waals surface area contributed by atoms with E-state index in [9.17, 15) is 9.59 Å². The van der Waals surface area contributed by atoms with Crippen LogP contribution in [0.15, 0.2) is 48.7 Å². The summed E-state index contributed by atoms with van der Waals surface area (Å²) in [6.07, 6.45) is 3.75. The van der Waals surface area contributed by atoms with Crippen molar-refractivity contribution in [2.75, 3.05) is 24.5 Å². The number of nitrogens with one attached hydrogen (secondary N) is 2. The first-order chi connectivity index (χ1) is 13.1. The molecule has 0 aliphatic carbocycles. The van der Waals surface area contributed by atoms with E-state index in [1.807, 2.05) is 49.4 Å². The van der Waals surface area contributed by atoms with Crippen LogP contribution in [0.25, 0.3) is 0 Å². The Labute approximate surface area is 160 Å². The summed E-state index contributed by atoms with van der Waals surface area (Å²) in [4.78, 5) is 30.6. The molecule has 2 N–H and O–H groups in total. The molecule has 0 radical (unpaired) electrons. The number of amides is 2. The Hall–Kier alpha value is -2.89. The van der Waals surface area contributed by atoms with Crippen molar-refractivity contribution in [3.05, 3.63) is 59.8 Å². The highest BCUT2D eigenvalue weighted by Gasteiger charge is 2.21. The number of pyridine rings is 1. The number of rotatable bonds is 5. The first-order valence-corrected chi connectivity index (χ1v) is 9.39. The Morgan fingerprint density at radius 1 is 1.04 bits per heavy atom. The predicted octanol–water partition coefficient (Wildman–Crippen LogP) is 2.04. The number of aromatic nitrogens is 1. The third-order valence-corrected chi connectivity index (χ3v) is 4.92. The van der Waals surface area contributed by atoms with E-state index in [4.69, 9.17) is 0 Å². The van der Waals surface area contributed by atoms with Crippen LogP contribution in [0.3, 0.4) is 0 Å². The van der Waals surface area contributed by atoms with E-state index in [2.05, 4.69) is 20.5 Å². The molecule has 0 spiro atoms. The van der Waals surface area contributed by atoms with Gasteiger partial charge >= 0.3 is 11.8 Å². The molecule has 0 atom stereocenters. The van der Waals surface area contributed by atoms with Crippen LogP contribution in [-0.2, 0) is 16.1 Å². The number of hydrogen-bond acceptors (Lipinski definition) is 4. The molecule has 0 unspecified atom stereocenters. The Balaban J connectivity index is 1.36. The van der Waals surface area contributed by atoms with Crippen molar-refractivity contribution in [2.24, 2.45) is 5.92 Å². The van der Waals surface area contributed by atoms with E-state index in [0.717, 1.165) is 42.9 Å². The van der Waals surface area contributed by atoms with Crippen molar-refractivity contribution in [3.63, 3.8) is 0 Å². The van der Waals surface area contributed by atoms with Crippen LogP contribution in [-0.4, -0.2) is 36.4 Å². The van der Waals surface area contributed by atoms with Gasteiger partial charge in [-0.1, -0.05) is 35.9 Å². The quantitative estimate of drug-likeness (QED) is 0.794. The summed E-state index contributed by atoms with van der Waals surface area (Å²) in [5.74, 6) is 0.241. The standard InChI is InChI=1S/C21H26N4O2/c1-16-5-7-17(8-6-16)14-23-20(26)21(27)24-15-18-9-12-25(13-10-18)19-4-2-3-11-22-19/h2-8,11,18H,9-10,12-15H2,1H3,(H,23,26)(H,24,27). The first kappa shape index (κ1) is 18.9. The normalized spacial score (nSPS) is 14.6. The van der Waals surface area contributed by atoms with E-state index in [1.165, 1.54) is 0 Å². The highest BCUT2D eigenvalue weighted by Crippen LogP contribution is 2.20. The van der Waals surface area contributed by atoms with Crippen molar-refractivity contribution < 1.29 is 9.59 Å². The molecule has 1 fully saturated rings. The monoisotopic (exact) mass is 366 g/mol. The molecule has 0 saturated carbocycles. The predicted molar refractivity (Wildman–Crippen MR) is 105 cm³/mol. The third kappa shape index (κ3) is 5.54. The first-order valence-electron chi connectivity index (χ1n) is 9.39. The minimum absolute atomic E-state index is 0.356. The zero-order valence-corrected chi connectivity index (χ0v) is 15.6. The molecule has 1 aliphatic heterocycles. The number of benzene rings is 1. The molecule has 1 aromatic carbocycles. The number of aryl methyl sites for hydroxylation is 1. The smallest absolute Gasteiger partial charge is 0.309 e. The van der Waals surface area contributed by atoms with E-state index in [1.54, 1.807) is 6.20 Å². The Kier molecular flexibility index (Phi) is 6.41. The molecule has 1 aromatic heterocycles. The molecule has 2 amide bonds. The van der Waals surface area contributed by atoms with Crippen molar-refractivity contribution in [3.8, 4) is 0 Å². The summed E-state index contributed by atoms with van der Waals surface area (Å²) in [7, 11) is 0. The Bertz CT molecular complexity index is 754. The zero-order chi connectivity index (χ0) is 19.1. The van der Waals surface area contributed by atoms with Crippen LogP contribution >= 0.6 is 0 Å². The Morgan fingerprint density at radius 3 is 2.41 bits per heavy atom. The van der Waals surface area contributed by atoms with Crippen LogP contribution in [0.1, 0.15) is 24.0 Å². The lowest BCUT2D eigenvalue weighted by atomic mass is 9.97. The molecule has 1 saturated heterocycles. The van der Waals surface area contributed by atoms with Crippen LogP contribution in [0.4, 0.5) is 5.82 Å². The topological polar surface area (TPSA) is 74.3 Å². The van der Waals surface area contributed by atoms with E-state index in [0.29, 0.717) is 19.0 Å². The molecule has 0 bridgehead atoms. The highest BCUT2D eigenvalue weighted by atomic mass is 16.2. The molecule has 27 heavy (non-hydrogen) atoms. The zero-order valence-electron chi connectivity index (χ0n) is 15.6. The second kappa shape index (κ2) is 9.16. The van der Waals surface area contributed by atoms with Gasteiger partial charge in [-0.25, -0.2) is 4.98 Å². The van der Waals surface area contributed by atoms with Crippen LogP contribution in [0.2, 0.25) is 0 Å². The van der Waals surface area contributed by atoms with Gasteiger partial charge in [0.1, 0.15) is 5.82 Å². The van der Waals surface area contributed by atoms with Crippen molar-refractivity contribution in [1.29, 1.82) is 0 Å². The van der Waals surface area contributed by atoms with E-state index >= 15 is 0 Å². The molecule has 2 aromatic rings. The summed E-state index contributed by atoms with van der Waals surface area (Å²) in [5.41, 5.74) is 2.14. The van der Waals surface area contributed by atoms with Crippen LogP contribution < -0.4 is 15.5 Å². The lowest BCUT2D eigenvalue weighted by Crippen LogP contribution is -2.43. The van der Waals surface area contributed by atoms with E-state index in [-0.39, 0.29) is 0 Å². The molecule has 2 heterocycles. The van der Waals surface area contributed by atoms with Gasteiger partial charge in [0.15, 0.2) is 0 Å². The number of carbonyl (C=O) groups is 2. The Morgan fingerprint density at radius 2 is 1.74 bits per heavy atom. The lowest BCUT2D eigenvalue weighted by molar-refractivity contribution is -0.139. The fourth-order valence-corrected chi connectivity index (χ4v) is 3.19. The van der Waals surface area contributed by atoms with Gasteiger partial charge in [0.25, 0.3) is 0 Å². The van der Waals surface area contributed by atoms with Gasteiger partial charge in [0.05, 0.1) is 0 Å². The van der Waals surface area contributed by atoms with Gasteiger partial charge in [-0.2, -0.15) is 0 Å².